The van der Waals surface area contributed by atoms with Crippen molar-refractivity contribution in [1.82, 2.24) is 25.1 Å². The molecule has 3 aromatic heterocycles. The fourth-order valence-electron chi connectivity index (χ4n) is 4.29. The number of nitrogens with one attached hydrogen (secondary N) is 1. The van der Waals surface area contributed by atoms with Crippen LogP contribution in [-0.2, 0) is 52.3 Å². The van der Waals surface area contributed by atoms with E-state index in [1.54, 1.807) is 40.8 Å². The van der Waals surface area contributed by atoms with Crippen LogP contribution in [0.4, 0.5) is 18.3 Å². The lowest BCUT2D eigenvalue weighted by Crippen LogP contribution is -2.76. The summed E-state index contributed by atoms with van der Waals surface area (Å²) in [6.07, 6.45) is -0.865. The number of hydrogen-bond donors (Lipinski definition) is 5. The van der Waals surface area contributed by atoms with Gasteiger partial charge in [0.05, 0.1) is 17.3 Å². The highest BCUT2D eigenvalue weighted by Gasteiger charge is 2.58. The van der Waals surface area contributed by atoms with Crippen LogP contribution in [0.25, 0.3) is 11.3 Å². The number of nitrogens with zero attached hydrogens (tertiary/aromatic N) is 6. The number of carboxylic acids is 2. The van der Waals surface area contributed by atoms with Gasteiger partial charge in [0.15, 0.2) is 16.6 Å². The average Bonchev–Trinajstić information content (AvgIpc) is 3.71. The van der Waals surface area contributed by atoms with Crippen molar-refractivity contribution in [2.24, 2.45) is 17.9 Å². The van der Waals surface area contributed by atoms with E-state index in [0.29, 0.717) is 23.9 Å². The second-order valence-corrected chi connectivity index (χ2v) is 13.1. The summed E-state index contributed by atoms with van der Waals surface area (Å²) < 4.78 is 76.1. The summed E-state index contributed by atoms with van der Waals surface area (Å²) in [6.45, 7) is 3.44. The third-order valence-corrected chi connectivity index (χ3v) is 7.92. The Kier molecular flexibility index (Phi) is 13.4. The predicted molar refractivity (Wildman–Crippen MR) is 170 cm³/mol. The minimum Gasteiger partial charge on any atom is -0.542 e. The first-order chi connectivity index (χ1) is 24.5. The number of nitrogen functional groups attached to an aromatic ring is 1. The first-order valence-electron chi connectivity index (χ1n) is 14.7. The van der Waals surface area contributed by atoms with Crippen LogP contribution in [0.15, 0.2) is 41.3 Å². The van der Waals surface area contributed by atoms with Crippen molar-refractivity contribution in [3.05, 3.63) is 41.8 Å². The number of carboxylic acid groups (broad SMARTS) is 2. The Bertz CT molecular complexity index is 1970. The van der Waals surface area contributed by atoms with E-state index in [2.05, 4.69) is 24.8 Å². The van der Waals surface area contributed by atoms with E-state index >= 15 is 0 Å². The van der Waals surface area contributed by atoms with E-state index in [9.17, 15) is 41.1 Å². The van der Waals surface area contributed by atoms with Crippen LogP contribution in [0, 0.1) is 0 Å². The Morgan fingerprint density at radius 3 is 2.45 bits per heavy atom. The van der Waals surface area contributed by atoms with Gasteiger partial charge in [-0.15, -0.1) is 15.6 Å². The van der Waals surface area contributed by atoms with Crippen molar-refractivity contribution in [2.45, 2.75) is 50.7 Å². The molecule has 0 spiro atoms. The summed E-state index contributed by atoms with van der Waals surface area (Å²) in [6, 6.07) is 2.08. The standard InChI is InChI=1S/C25H31N9O10S2.C2HF3O2/c1-25(2)20(22(36)34(25)44-46(39,40)41)30-21(35)19(16-13-45-24(27)29-16)31-43-18(23(37)38)12-42-15-5-6-17(32(3)11-15)14-9-28-33(10-14)8-4-7-26;3-2(4,5)1(6)7/h5-6,9-11,13,18,20H,4,7-8,12,26H2,1-3H3,(H4-,27,29,30,35,37,38,39,40,41);(H,6,7)/b31-19-;/t18-,20+;/m0./s1. The molecule has 53 heavy (non-hydrogen) atoms. The number of nitrogens with two attached hydrogens (primary N) is 2. The number of hydroxylamine groups is 2. The Labute approximate surface area is 301 Å². The molecule has 2 atom stereocenters. The Balaban J connectivity index is 0.000000980. The molecule has 1 aliphatic rings. The Morgan fingerprint density at radius 1 is 1.28 bits per heavy atom. The number of aromatic nitrogens is 4. The molecular weight excluding hydrogens is 763 g/mol. The summed E-state index contributed by atoms with van der Waals surface area (Å²) in [5.41, 5.74) is 10.9. The molecule has 7 N–H and O–H groups in total. The largest absolute Gasteiger partial charge is 0.542 e. The van der Waals surface area contributed by atoms with E-state index in [0.717, 1.165) is 29.0 Å². The first-order valence-corrected chi connectivity index (χ1v) is 16.9. The lowest BCUT2D eigenvalue weighted by Gasteiger charge is -2.50. The zero-order valence-corrected chi connectivity index (χ0v) is 29.3. The molecule has 4 heterocycles. The van der Waals surface area contributed by atoms with Gasteiger partial charge in [0, 0.05) is 24.2 Å². The number of rotatable bonds is 15. The molecule has 290 valence electrons. The number of carbonyl (C=O) groups is 4. The number of β-lactam (4-membered cyclic amide) rings is 1. The van der Waals surface area contributed by atoms with E-state index in [1.165, 1.54) is 19.2 Å². The smallest absolute Gasteiger partial charge is 0.430 e. The molecule has 3 aromatic rings. The number of carbonyl (C=O) groups excluding carboxylic acids is 3. The predicted octanol–water partition coefficient (Wildman–Crippen LogP) is -1.85. The normalized spacial score (nSPS) is 16.2. The van der Waals surface area contributed by atoms with Gasteiger partial charge in [0.25, 0.3) is 17.9 Å². The van der Waals surface area contributed by atoms with Gasteiger partial charge in [0.2, 0.25) is 11.9 Å². The first kappa shape index (κ1) is 42.0. The van der Waals surface area contributed by atoms with Gasteiger partial charge in [-0.2, -0.15) is 36.3 Å². The van der Waals surface area contributed by atoms with Crippen LogP contribution in [0.3, 0.4) is 0 Å². The number of hydrogen-bond acceptors (Lipinski definition) is 16. The molecule has 1 fully saturated rings. The number of anilines is 1. The highest BCUT2D eigenvalue weighted by molar-refractivity contribution is 7.80. The number of oxime groups is 1. The van der Waals surface area contributed by atoms with Crippen molar-refractivity contribution in [3.63, 3.8) is 0 Å². The van der Waals surface area contributed by atoms with Crippen LogP contribution in [0.2, 0.25) is 0 Å². The second kappa shape index (κ2) is 16.9. The zero-order valence-electron chi connectivity index (χ0n) is 27.7. The molecule has 2 amide bonds. The van der Waals surface area contributed by atoms with Gasteiger partial charge < -0.3 is 41.4 Å². The highest BCUT2D eigenvalue weighted by atomic mass is 32.3. The van der Waals surface area contributed by atoms with E-state index in [4.69, 9.17) is 35.5 Å². The van der Waals surface area contributed by atoms with Gasteiger partial charge in [-0.25, -0.2) is 9.78 Å². The van der Waals surface area contributed by atoms with Crippen LogP contribution in [0.1, 0.15) is 26.0 Å². The molecule has 1 saturated heterocycles. The molecule has 0 saturated carbocycles. The molecule has 1 aliphatic heterocycles. The van der Waals surface area contributed by atoms with Gasteiger partial charge in [-0.3, -0.25) is 18.8 Å². The van der Waals surface area contributed by atoms with Crippen molar-refractivity contribution in [2.75, 3.05) is 18.9 Å². The number of thiazole rings is 1. The number of aliphatic carboxylic acids is 2. The van der Waals surface area contributed by atoms with Crippen LogP contribution in [-0.4, -0.2) is 104 Å². The third kappa shape index (κ3) is 11.3. The maximum absolute atomic E-state index is 13.2. The third-order valence-electron chi connectivity index (χ3n) is 6.91. The van der Waals surface area contributed by atoms with Crippen molar-refractivity contribution in [1.29, 1.82) is 0 Å². The van der Waals surface area contributed by atoms with Crippen molar-refractivity contribution < 1.29 is 74.0 Å². The van der Waals surface area contributed by atoms with Gasteiger partial charge in [-0.1, -0.05) is 5.16 Å². The summed E-state index contributed by atoms with van der Waals surface area (Å²) in [4.78, 5) is 55.6. The molecule has 0 aliphatic carbocycles. The van der Waals surface area contributed by atoms with Crippen molar-refractivity contribution in [3.8, 4) is 17.0 Å². The van der Waals surface area contributed by atoms with E-state index < -0.39 is 70.3 Å². The molecule has 0 radical (unpaired) electrons. The molecule has 4 rings (SSSR count). The number of aryl methyl sites for hydroxylation is 2. The average molecular weight is 796 g/mol. The lowest BCUT2D eigenvalue weighted by molar-refractivity contribution is -0.660. The minimum absolute atomic E-state index is 0.0561. The van der Waals surface area contributed by atoms with Gasteiger partial charge in [-0.05, 0) is 32.9 Å². The number of pyridine rings is 1. The highest BCUT2D eigenvalue weighted by Crippen LogP contribution is 2.33. The molecule has 0 bridgehead atoms. The minimum atomic E-state index is -5.19. The Hall–Kier alpha value is -5.44. The topological polar surface area (TPSA) is 308 Å². The maximum atomic E-state index is 13.2. The summed E-state index contributed by atoms with van der Waals surface area (Å²) in [5, 5.41) is 30.7. The molecule has 21 nitrogen and oxygen atoms in total. The molecule has 0 unspecified atom stereocenters. The number of halogens is 3. The van der Waals surface area contributed by atoms with E-state index in [1.807, 2.05) is 6.20 Å². The van der Waals surface area contributed by atoms with E-state index in [-0.39, 0.29) is 10.8 Å². The van der Waals surface area contributed by atoms with Crippen LogP contribution in [0.5, 0.6) is 5.75 Å². The van der Waals surface area contributed by atoms with Crippen molar-refractivity contribution >= 4 is 56.3 Å². The van der Waals surface area contributed by atoms with Gasteiger partial charge >= 0.3 is 22.5 Å². The molecule has 0 aromatic carbocycles. The fraction of sp³-hybridized carbons (Fsp3) is 0.407. The Morgan fingerprint density at radius 2 is 1.94 bits per heavy atom. The monoisotopic (exact) mass is 795 g/mol. The zero-order chi connectivity index (χ0) is 39.9. The summed E-state index contributed by atoms with van der Waals surface area (Å²) in [5.74, 6) is -6.17. The number of ether oxygens (including phenoxy) is 1. The molecule has 26 heteroatoms. The molecular formula is C27H32F3N9O12S2. The number of alkyl halides is 3. The number of amides is 2. The maximum Gasteiger partial charge on any atom is 0.430 e. The SMILES string of the molecule is C[n+]1cc(OC[C@H](O/N=C(\C(=O)N[C@@H]2C(=O)N(OS(=O)(=O)O)C2(C)C)c2csc(N)n2)C(=O)O)ccc1-c1cnn(CCCN)c1.O=C([O-])C(F)(F)F. The lowest BCUT2D eigenvalue weighted by atomic mass is 9.84. The summed E-state index contributed by atoms with van der Waals surface area (Å²) in [7, 11) is -3.24. The second-order valence-electron chi connectivity index (χ2n) is 11.2. The fourth-order valence-corrected chi connectivity index (χ4v) is 5.30. The summed E-state index contributed by atoms with van der Waals surface area (Å²) >= 11 is 0.956. The van der Waals surface area contributed by atoms with Crippen LogP contribution >= 0.6 is 11.3 Å². The van der Waals surface area contributed by atoms with Gasteiger partial charge in [0.1, 0.15) is 31.4 Å². The quantitative estimate of drug-likeness (QED) is 0.0371. The van der Waals surface area contributed by atoms with Crippen LogP contribution < -0.4 is 31.2 Å².